The second-order valence-corrected chi connectivity index (χ2v) is 6.96. The first-order valence-electron chi connectivity index (χ1n) is 9.79. The smallest absolute Gasteiger partial charge is 0.317 e. The molecule has 0 amide bonds. The van der Waals surface area contributed by atoms with Gasteiger partial charge in [-0.05, 0) is 48.8 Å². The van der Waals surface area contributed by atoms with Crippen molar-refractivity contribution in [1.82, 2.24) is 0 Å². The van der Waals surface area contributed by atoms with Gasteiger partial charge in [0.1, 0.15) is 23.2 Å². The summed E-state index contributed by atoms with van der Waals surface area (Å²) >= 11 is 0. The van der Waals surface area contributed by atoms with E-state index in [0.717, 1.165) is 16.7 Å². The van der Waals surface area contributed by atoms with Crippen LogP contribution in [-0.2, 0) is 14.3 Å². The number of rotatable bonds is 7. The van der Waals surface area contributed by atoms with E-state index in [1.807, 2.05) is 36.4 Å². The van der Waals surface area contributed by atoms with Gasteiger partial charge in [-0.25, -0.2) is 0 Å². The van der Waals surface area contributed by atoms with E-state index in [1.165, 1.54) is 6.08 Å². The molecule has 0 saturated carbocycles. The van der Waals surface area contributed by atoms with Gasteiger partial charge >= 0.3 is 5.97 Å². The molecule has 0 spiro atoms. The molecule has 6 heteroatoms. The van der Waals surface area contributed by atoms with E-state index in [4.69, 9.17) is 18.9 Å². The van der Waals surface area contributed by atoms with Crippen LogP contribution in [0.3, 0.4) is 0 Å². The normalized spacial score (nSPS) is 18.4. The van der Waals surface area contributed by atoms with Crippen LogP contribution in [0, 0.1) is 5.92 Å². The standard InChI is InChI=1S/C24H26O6/c1-5-30-24(26)23-20(15-10-17(27-2)14-18(11-15)28-3)12-16(13-21(23)25)19-8-6-7-9-22(19)29-4/h6-11,13-14,20,23H,5,12H2,1-4H3/t20-,23-/m1/s1. The van der Waals surface area contributed by atoms with Crippen molar-refractivity contribution in [1.29, 1.82) is 0 Å². The van der Waals surface area contributed by atoms with E-state index < -0.39 is 17.8 Å². The molecule has 0 aromatic heterocycles. The first-order chi connectivity index (χ1) is 14.5. The molecule has 0 heterocycles. The van der Waals surface area contributed by atoms with Gasteiger partial charge in [0.05, 0.1) is 27.9 Å². The molecule has 30 heavy (non-hydrogen) atoms. The van der Waals surface area contributed by atoms with Crippen molar-refractivity contribution in [3.8, 4) is 17.2 Å². The van der Waals surface area contributed by atoms with Gasteiger partial charge < -0.3 is 18.9 Å². The molecule has 158 valence electrons. The minimum Gasteiger partial charge on any atom is -0.497 e. The summed E-state index contributed by atoms with van der Waals surface area (Å²) in [6, 6.07) is 12.9. The van der Waals surface area contributed by atoms with Crippen molar-refractivity contribution in [2.75, 3.05) is 27.9 Å². The van der Waals surface area contributed by atoms with Crippen LogP contribution >= 0.6 is 0 Å². The molecule has 2 aromatic rings. The molecule has 0 fully saturated rings. The average Bonchev–Trinajstić information content (AvgIpc) is 2.78. The number of benzene rings is 2. The van der Waals surface area contributed by atoms with Gasteiger partial charge in [-0.2, -0.15) is 0 Å². The summed E-state index contributed by atoms with van der Waals surface area (Å²) in [7, 11) is 4.72. The summed E-state index contributed by atoms with van der Waals surface area (Å²) < 4.78 is 21.5. The van der Waals surface area contributed by atoms with Gasteiger partial charge in [0.25, 0.3) is 0 Å². The number of para-hydroxylation sites is 1. The second kappa shape index (κ2) is 9.48. The minimum atomic E-state index is -0.930. The number of hydrogen-bond donors (Lipinski definition) is 0. The molecule has 0 saturated heterocycles. The maximum atomic E-state index is 13.1. The van der Waals surface area contributed by atoms with Crippen LogP contribution in [0.2, 0.25) is 0 Å². The summed E-state index contributed by atoms with van der Waals surface area (Å²) in [5, 5.41) is 0. The molecular weight excluding hydrogens is 384 g/mol. The lowest BCUT2D eigenvalue weighted by molar-refractivity contribution is -0.151. The minimum absolute atomic E-state index is 0.208. The van der Waals surface area contributed by atoms with E-state index in [0.29, 0.717) is 23.7 Å². The van der Waals surface area contributed by atoms with E-state index in [9.17, 15) is 9.59 Å². The molecule has 0 radical (unpaired) electrons. The molecule has 6 nitrogen and oxygen atoms in total. The number of ether oxygens (including phenoxy) is 4. The summed E-state index contributed by atoms with van der Waals surface area (Å²) in [6.07, 6.45) is 2.00. The maximum Gasteiger partial charge on any atom is 0.317 e. The SMILES string of the molecule is CCOC(=O)[C@H]1C(=O)C=C(c2ccccc2OC)C[C@@H]1c1cc(OC)cc(OC)c1. The van der Waals surface area contributed by atoms with Crippen LogP contribution in [0.1, 0.15) is 30.4 Å². The fourth-order valence-corrected chi connectivity index (χ4v) is 3.84. The zero-order valence-corrected chi connectivity index (χ0v) is 17.6. The molecule has 2 aromatic carbocycles. The molecular formula is C24H26O6. The van der Waals surface area contributed by atoms with E-state index in [-0.39, 0.29) is 12.4 Å². The molecule has 2 atom stereocenters. The number of carbonyl (C=O) groups is 2. The predicted molar refractivity (Wildman–Crippen MR) is 113 cm³/mol. The second-order valence-electron chi connectivity index (χ2n) is 6.96. The number of methoxy groups -OCH3 is 3. The zero-order valence-electron chi connectivity index (χ0n) is 17.6. The fourth-order valence-electron chi connectivity index (χ4n) is 3.84. The highest BCUT2D eigenvalue weighted by Gasteiger charge is 2.40. The largest absolute Gasteiger partial charge is 0.497 e. The quantitative estimate of drug-likeness (QED) is 0.507. The molecule has 0 aliphatic heterocycles. The number of hydrogen-bond acceptors (Lipinski definition) is 6. The van der Waals surface area contributed by atoms with E-state index in [1.54, 1.807) is 34.3 Å². The van der Waals surface area contributed by atoms with Gasteiger partial charge in [0.15, 0.2) is 5.78 Å². The monoisotopic (exact) mass is 410 g/mol. The number of allylic oxidation sites excluding steroid dienone is 2. The van der Waals surface area contributed by atoms with Crippen LogP contribution in [0.15, 0.2) is 48.5 Å². The predicted octanol–water partition coefficient (Wildman–Crippen LogP) is 4.03. The third-order valence-corrected chi connectivity index (χ3v) is 5.26. The van der Waals surface area contributed by atoms with Crippen molar-refractivity contribution in [3.63, 3.8) is 0 Å². The highest BCUT2D eigenvalue weighted by molar-refractivity contribution is 6.11. The van der Waals surface area contributed by atoms with Crippen LogP contribution in [0.25, 0.3) is 5.57 Å². The van der Waals surface area contributed by atoms with Crippen LogP contribution in [0.4, 0.5) is 0 Å². The fraction of sp³-hybridized carbons (Fsp3) is 0.333. The van der Waals surface area contributed by atoms with Crippen LogP contribution in [-0.4, -0.2) is 39.7 Å². The third-order valence-electron chi connectivity index (χ3n) is 5.26. The Balaban J connectivity index is 2.11. The molecule has 0 unspecified atom stereocenters. The Bertz CT molecular complexity index is 940. The summed E-state index contributed by atoms with van der Waals surface area (Å²) in [5.74, 6) is -0.309. The molecule has 3 rings (SSSR count). The topological polar surface area (TPSA) is 71.1 Å². The maximum absolute atomic E-state index is 13.1. The Hall–Kier alpha value is -3.28. The van der Waals surface area contributed by atoms with E-state index in [2.05, 4.69) is 0 Å². The lowest BCUT2D eigenvalue weighted by Gasteiger charge is -2.30. The Kier molecular flexibility index (Phi) is 6.77. The van der Waals surface area contributed by atoms with Crippen molar-refractivity contribution in [3.05, 3.63) is 59.7 Å². The lowest BCUT2D eigenvalue weighted by atomic mass is 9.73. The molecule has 1 aliphatic carbocycles. The number of carbonyl (C=O) groups excluding carboxylic acids is 2. The Labute approximate surface area is 176 Å². The Morgan fingerprint density at radius 3 is 2.27 bits per heavy atom. The Morgan fingerprint density at radius 2 is 1.67 bits per heavy atom. The van der Waals surface area contributed by atoms with Gasteiger partial charge in [-0.1, -0.05) is 18.2 Å². The molecule has 0 N–H and O–H groups in total. The molecule has 1 aliphatic rings. The zero-order chi connectivity index (χ0) is 21.7. The van der Waals surface area contributed by atoms with Crippen molar-refractivity contribution in [2.45, 2.75) is 19.3 Å². The molecule has 0 bridgehead atoms. The highest BCUT2D eigenvalue weighted by atomic mass is 16.5. The van der Waals surface area contributed by atoms with Crippen molar-refractivity contribution < 1.29 is 28.5 Å². The van der Waals surface area contributed by atoms with Crippen LogP contribution in [0.5, 0.6) is 17.2 Å². The summed E-state index contributed by atoms with van der Waals surface area (Å²) in [6.45, 7) is 1.94. The third kappa shape index (κ3) is 4.32. The van der Waals surface area contributed by atoms with Gasteiger partial charge in [0, 0.05) is 17.5 Å². The summed E-state index contributed by atoms with van der Waals surface area (Å²) in [4.78, 5) is 25.8. The average molecular weight is 410 g/mol. The first-order valence-corrected chi connectivity index (χ1v) is 9.79. The van der Waals surface area contributed by atoms with E-state index >= 15 is 0 Å². The lowest BCUT2D eigenvalue weighted by Crippen LogP contribution is -2.34. The van der Waals surface area contributed by atoms with Crippen molar-refractivity contribution in [2.24, 2.45) is 5.92 Å². The van der Waals surface area contributed by atoms with Gasteiger partial charge in [0.2, 0.25) is 0 Å². The van der Waals surface area contributed by atoms with Gasteiger partial charge in [-0.15, -0.1) is 0 Å². The first kappa shape index (κ1) is 21.4. The van der Waals surface area contributed by atoms with Crippen molar-refractivity contribution >= 4 is 17.3 Å². The highest BCUT2D eigenvalue weighted by Crippen LogP contribution is 2.43. The van der Waals surface area contributed by atoms with Crippen LogP contribution < -0.4 is 14.2 Å². The number of esters is 1. The Morgan fingerprint density at radius 1 is 1.00 bits per heavy atom. The number of ketones is 1. The van der Waals surface area contributed by atoms with Gasteiger partial charge in [-0.3, -0.25) is 9.59 Å². The summed E-state index contributed by atoms with van der Waals surface area (Å²) in [5.41, 5.74) is 2.42.